The van der Waals surface area contributed by atoms with Crippen molar-refractivity contribution in [2.45, 2.75) is 38.1 Å². The van der Waals surface area contributed by atoms with Crippen molar-refractivity contribution in [3.05, 3.63) is 17.5 Å². The molecule has 3 N–H and O–H groups in total. The quantitative estimate of drug-likeness (QED) is 0.223. The number of carbonyl (C=O) groups excluding carboxylic acids is 2. The van der Waals surface area contributed by atoms with Gasteiger partial charge in [0.2, 0.25) is 0 Å². The molecule has 1 saturated carbocycles. The van der Waals surface area contributed by atoms with Crippen LogP contribution in [0.5, 0.6) is 0 Å². The molecule has 0 aromatic carbocycles. The molecule has 2 fully saturated rings. The fraction of sp³-hybridized carbons (Fsp3) is 0.684. The van der Waals surface area contributed by atoms with E-state index < -0.39 is 0 Å². The number of nitrogens with one attached hydrogen (secondary N) is 3. The highest BCUT2D eigenvalue weighted by Crippen LogP contribution is 2.50. The zero-order valence-electron chi connectivity index (χ0n) is 16.8. The monoisotopic (exact) mass is 390 g/mol. The second-order valence-electron chi connectivity index (χ2n) is 7.68. The molecule has 2 heterocycles. The predicted molar refractivity (Wildman–Crippen MR) is 105 cm³/mol. The van der Waals surface area contributed by atoms with Crippen molar-refractivity contribution >= 4 is 18.0 Å². The van der Waals surface area contributed by atoms with Crippen molar-refractivity contribution in [3.63, 3.8) is 0 Å². The predicted octanol–water partition coefficient (Wildman–Crippen LogP) is -0.0713. The molecule has 1 saturated heterocycles. The van der Waals surface area contributed by atoms with Crippen LogP contribution in [0.15, 0.2) is 11.4 Å². The molecule has 154 valence electrons. The first-order chi connectivity index (χ1) is 13.5. The summed E-state index contributed by atoms with van der Waals surface area (Å²) in [7, 11) is 3.69. The van der Waals surface area contributed by atoms with Crippen molar-refractivity contribution in [2.24, 2.45) is 24.0 Å². The van der Waals surface area contributed by atoms with Gasteiger partial charge in [-0.05, 0) is 29.7 Å². The third-order valence-electron chi connectivity index (χ3n) is 5.74. The molecule has 0 spiro atoms. The van der Waals surface area contributed by atoms with Crippen molar-refractivity contribution < 1.29 is 14.4 Å². The van der Waals surface area contributed by atoms with Crippen molar-refractivity contribution in [1.82, 2.24) is 25.7 Å². The van der Waals surface area contributed by atoms with Crippen LogP contribution in [-0.2, 0) is 27.9 Å². The van der Waals surface area contributed by atoms with E-state index in [2.05, 4.69) is 33.1 Å². The average Bonchev–Trinajstić information content (AvgIpc) is 3.32. The lowest BCUT2D eigenvalue weighted by Crippen LogP contribution is -2.57. The number of hydrogen-bond acceptors (Lipinski definition) is 6. The maximum Gasteiger partial charge on any atom is 0.261 e. The van der Waals surface area contributed by atoms with Gasteiger partial charge in [-0.25, -0.2) is 0 Å². The first kappa shape index (κ1) is 20.3. The van der Waals surface area contributed by atoms with E-state index in [9.17, 15) is 9.59 Å². The minimum absolute atomic E-state index is 0.105. The van der Waals surface area contributed by atoms with Crippen molar-refractivity contribution in [1.29, 1.82) is 0 Å². The molecule has 2 aliphatic rings. The number of carbonyl (C=O) groups is 2. The van der Waals surface area contributed by atoms with E-state index in [1.54, 1.807) is 7.05 Å². The van der Waals surface area contributed by atoms with Crippen molar-refractivity contribution in [2.75, 3.05) is 26.7 Å². The number of amidine groups is 1. The number of oxime groups is 1. The molecule has 0 bridgehead atoms. The Morgan fingerprint density at radius 1 is 1.54 bits per heavy atom. The maximum atomic E-state index is 11.8. The molecule has 0 radical (unpaired) electrons. The standard InChI is InChI=1S/C19H30N6O3/c1-12(15-6-13(15)4-5-26)16-10-22-25(3)17(16)7-18(20-2)24-28-11-19(27)23-14-8-21-9-14/h5,10,12-15,21H,4,6-9,11H2,1-3H3,(H,20,24)(H,23,27)/t12-,13?,15?/m1/s1. The first-order valence-electron chi connectivity index (χ1n) is 9.84. The lowest BCUT2D eigenvalue weighted by molar-refractivity contribution is -0.126. The topological polar surface area (TPSA) is 110 Å². The van der Waals surface area contributed by atoms with Crippen LogP contribution < -0.4 is 16.0 Å². The lowest BCUT2D eigenvalue weighted by atomic mass is 9.94. The van der Waals surface area contributed by atoms with Gasteiger partial charge in [0.25, 0.3) is 5.91 Å². The van der Waals surface area contributed by atoms with Crippen LogP contribution in [0.25, 0.3) is 0 Å². The Balaban J connectivity index is 1.57. The van der Waals surface area contributed by atoms with Crippen LogP contribution in [0.1, 0.15) is 36.9 Å². The summed E-state index contributed by atoms with van der Waals surface area (Å²) < 4.78 is 1.85. The zero-order chi connectivity index (χ0) is 20.1. The third kappa shape index (κ3) is 4.89. The fourth-order valence-corrected chi connectivity index (χ4v) is 3.74. The summed E-state index contributed by atoms with van der Waals surface area (Å²) in [5, 5.41) is 17.5. The normalized spacial score (nSPS) is 22.9. The van der Waals surface area contributed by atoms with E-state index >= 15 is 0 Å². The van der Waals surface area contributed by atoms with Gasteiger partial charge in [0.1, 0.15) is 12.1 Å². The highest BCUT2D eigenvalue weighted by Gasteiger charge is 2.42. The van der Waals surface area contributed by atoms with Gasteiger partial charge in [-0.1, -0.05) is 12.1 Å². The number of likely N-dealkylation sites (N-methyl/N-ethyl adjacent to an activating group) is 1. The van der Waals surface area contributed by atoms with Crippen LogP contribution in [-0.4, -0.2) is 60.6 Å². The number of aldehydes is 1. The Morgan fingerprint density at radius 2 is 2.32 bits per heavy atom. The van der Waals surface area contributed by atoms with Crippen molar-refractivity contribution in [3.8, 4) is 0 Å². The van der Waals surface area contributed by atoms with Crippen LogP contribution in [0, 0.1) is 11.8 Å². The Bertz CT molecular complexity index is 727. The number of rotatable bonds is 10. The third-order valence-corrected chi connectivity index (χ3v) is 5.74. The van der Waals surface area contributed by atoms with E-state index in [4.69, 9.17) is 4.84 Å². The molecule has 3 atom stereocenters. The smallest absolute Gasteiger partial charge is 0.261 e. The second-order valence-corrected chi connectivity index (χ2v) is 7.68. The van der Waals surface area contributed by atoms with Gasteiger partial charge in [0, 0.05) is 39.3 Å². The van der Waals surface area contributed by atoms with E-state index in [-0.39, 0.29) is 18.6 Å². The Labute approximate surface area is 165 Å². The number of aromatic nitrogens is 2. The van der Waals surface area contributed by atoms with Crippen LogP contribution in [0.4, 0.5) is 0 Å². The highest BCUT2D eigenvalue weighted by molar-refractivity contribution is 5.84. The van der Waals surface area contributed by atoms with E-state index in [1.165, 1.54) is 5.56 Å². The van der Waals surface area contributed by atoms with Gasteiger partial charge >= 0.3 is 0 Å². The van der Waals surface area contributed by atoms with Gasteiger partial charge in [0.15, 0.2) is 6.61 Å². The summed E-state index contributed by atoms with van der Waals surface area (Å²) in [5.74, 6) is 1.83. The van der Waals surface area contributed by atoms with E-state index in [0.717, 1.165) is 31.5 Å². The van der Waals surface area contributed by atoms with E-state index in [0.29, 0.717) is 36.4 Å². The van der Waals surface area contributed by atoms with E-state index in [1.807, 2.05) is 17.9 Å². The summed E-state index contributed by atoms with van der Waals surface area (Å²) in [4.78, 5) is 27.8. The molecule has 28 heavy (non-hydrogen) atoms. The van der Waals surface area contributed by atoms with Gasteiger partial charge < -0.3 is 25.6 Å². The number of amides is 1. The maximum absolute atomic E-state index is 11.8. The van der Waals surface area contributed by atoms with Gasteiger partial charge in [0.05, 0.1) is 18.7 Å². The number of nitrogens with zero attached hydrogens (tertiary/aromatic N) is 3. The molecule has 2 unspecified atom stereocenters. The molecule has 1 aromatic heterocycles. The summed E-state index contributed by atoms with van der Waals surface area (Å²) >= 11 is 0. The fourth-order valence-electron chi connectivity index (χ4n) is 3.74. The molecule has 9 nitrogen and oxygen atoms in total. The molecule has 1 amide bonds. The molecule has 9 heteroatoms. The minimum Gasteiger partial charge on any atom is -0.384 e. The Morgan fingerprint density at radius 3 is 2.96 bits per heavy atom. The van der Waals surface area contributed by atoms with Gasteiger partial charge in [-0.3, -0.25) is 9.48 Å². The lowest BCUT2D eigenvalue weighted by Gasteiger charge is -2.27. The molecule has 1 aliphatic heterocycles. The Hall–Kier alpha value is -2.42. The first-order valence-corrected chi connectivity index (χ1v) is 9.84. The van der Waals surface area contributed by atoms with Gasteiger partial charge in [-0.2, -0.15) is 5.10 Å². The molecule has 3 rings (SSSR count). The number of hydrogen-bond donors (Lipinski definition) is 3. The average molecular weight is 390 g/mol. The highest BCUT2D eigenvalue weighted by atomic mass is 16.6. The van der Waals surface area contributed by atoms with Crippen LogP contribution in [0.3, 0.4) is 0 Å². The minimum atomic E-state index is -0.171. The zero-order valence-corrected chi connectivity index (χ0v) is 16.8. The SMILES string of the molecule is CN/C(Cc1c([C@H](C)C2CC2CC=O)cnn1C)=N\OCC(=O)NC1CNC1. The summed E-state index contributed by atoms with van der Waals surface area (Å²) in [6.45, 7) is 3.69. The number of aryl methyl sites for hydroxylation is 1. The van der Waals surface area contributed by atoms with Gasteiger partial charge in [-0.15, -0.1) is 0 Å². The summed E-state index contributed by atoms with van der Waals surface area (Å²) in [6.07, 6.45) is 5.19. The van der Waals surface area contributed by atoms with Crippen LogP contribution >= 0.6 is 0 Å². The molecular formula is C19H30N6O3. The second kappa shape index (κ2) is 9.18. The molecule has 1 aromatic rings. The largest absolute Gasteiger partial charge is 0.384 e. The molecular weight excluding hydrogens is 360 g/mol. The summed E-state index contributed by atoms with van der Waals surface area (Å²) in [6, 6.07) is 0.188. The summed E-state index contributed by atoms with van der Waals surface area (Å²) in [5.41, 5.74) is 2.24. The molecule has 1 aliphatic carbocycles. The Kier molecular flexibility index (Phi) is 6.66. The van der Waals surface area contributed by atoms with Crippen LogP contribution in [0.2, 0.25) is 0 Å².